The molecular formula is C16H22N2O4. The lowest BCUT2D eigenvalue weighted by Crippen LogP contribution is -2.28. The second-order valence-corrected chi connectivity index (χ2v) is 5.02. The number of carbonyl (C=O) groups is 2. The van der Waals surface area contributed by atoms with E-state index in [4.69, 9.17) is 9.47 Å². The van der Waals surface area contributed by atoms with Gasteiger partial charge in [-0.15, -0.1) is 0 Å². The number of rotatable bonds is 7. The van der Waals surface area contributed by atoms with Crippen LogP contribution in [0.4, 0.5) is 5.69 Å². The monoisotopic (exact) mass is 306 g/mol. The topological polar surface area (TPSA) is 76.7 Å². The maximum Gasteiger partial charge on any atom is 0.253 e. The number of carbonyl (C=O) groups excluding carboxylic acids is 2. The molecule has 0 radical (unpaired) electrons. The van der Waals surface area contributed by atoms with Crippen LogP contribution in [0.15, 0.2) is 24.3 Å². The SMILES string of the molecule is CCOCCNC(=O)c1cccc(NC(=O)C2CCCO2)c1. The zero-order valence-electron chi connectivity index (χ0n) is 12.8. The van der Waals surface area contributed by atoms with Crippen molar-refractivity contribution in [1.29, 1.82) is 0 Å². The van der Waals surface area contributed by atoms with Gasteiger partial charge in [0.15, 0.2) is 0 Å². The Kier molecular flexibility index (Phi) is 6.36. The Labute approximate surface area is 130 Å². The smallest absolute Gasteiger partial charge is 0.253 e. The summed E-state index contributed by atoms with van der Waals surface area (Å²) >= 11 is 0. The molecule has 0 bridgehead atoms. The Bertz CT molecular complexity index is 513. The summed E-state index contributed by atoms with van der Waals surface area (Å²) in [7, 11) is 0. The van der Waals surface area contributed by atoms with Crippen LogP contribution in [-0.4, -0.2) is 44.3 Å². The van der Waals surface area contributed by atoms with Crippen LogP contribution in [0.5, 0.6) is 0 Å². The minimum absolute atomic E-state index is 0.161. The molecule has 1 aromatic carbocycles. The summed E-state index contributed by atoms with van der Waals surface area (Å²) in [6.45, 7) is 4.10. The highest BCUT2D eigenvalue weighted by atomic mass is 16.5. The molecule has 1 aliphatic rings. The van der Waals surface area contributed by atoms with Crippen molar-refractivity contribution in [2.24, 2.45) is 0 Å². The molecule has 0 spiro atoms. The second kappa shape index (κ2) is 8.51. The van der Waals surface area contributed by atoms with Gasteiger partial charge >= 0.3 is 0 Å². The molecule has 22 heavy (non-hydrogen) atoms. The Hall–Kier alpha value is -1.92. The first-order valence-corrected chi connectivity index (χ1v) is 7.59. The predicted molar refractivity (Wildman–Crippen MR) is 82.9 cm³/mol. The summed E-state index contributed by atoms with van der Waals surface area (Å²) in [6.07, 6.45) is 1.26. The first-order valence-electron chi connectivity index (χ1n) is 7.59. The van der Waals surface area contributed by atoms with Crippen LogP contribution < -0.4 is 10.6 Å². The first-order chi connectivity index (χ1) is 10.7. The van der Waals surface area contributed by atoms with Crippen LogP contribution in [0.1, 0.15) is 30.1 Å². The molecule has 0 aliphatic carbocycles. The van der Waals surface area contributed by atoms with Crippen molar-refractivity contribution in [3.63, 3.8) is 0 Å². The van der Waals surface area contributed by atoms with Crippen molar-refractivity contribution >= 4 is 17.5 Å². The lowest BCUT2D eigenvalue weighted by Gasteiger charge is -2.11. The fourth-order valence-electron chi connectivity index (χ4n) is 2.23. The molecule has 1 fully saturated rings. The summed E-state index contributed by atoms with van der Waals surface area (Å²) < 4.78 is 10.5. The summed E-state index contributed by atoms with van der Waals surface area (Å²) in [5.41, 5.74) is 1.10. The molecule has 1 heterocycles. The highest BCUT2D eigenvalue weighted by Gasteiger charge is 2.23. The van der Waals surface area contributed by atoms with E-state index in [2.05, 4.69) is 10.6 Å². The molecule has 120 valence electrons. The molecule has 1 saturated heterocycles. The highest BCUT2D eigenvalue weighted by Crippen LogP contribution is 2.16. The van der Waals surface area contributed by atoms with Crippen molar-refractivity contribution in [1.82, 2.24) is 5.32 Å². The number of hydrogen-bond donors (Lipinski definition) is 2. The van der Waals surface area contributed by atoms with Gasteiger partial charge in [-0.1, -0.05) is 6.07 Å². The van der Waals surface area contributed by atoms with E-state index >= 15 is 0 Å². The lowest BCUT2D eigenvalue weighted by atomic mass is 10.1. The number of amides is 2. The molecule has 2 N–H and O–H groups in total. The van der Waals surface area contributed by atoms with E-state index in [9.17, 15) is 9.59 Å². The molecule has 6 nitrogen and oxygen atoms in total. The molecule has 2 rings (SSSR count). The van der Waals surface area contributed by atoms with Gasteiger partial charge < -0.3 is 20.1 Å². The van der Waals surface area contributed by atoms with Gasteiger partial charge in [0.25, 0.3) is 11.8 Å². The number of nitrogens with one attached hydrogen (secondary N) is 2. The third-order valence-electron chi connectivity index (χ3n) is 3.35. The van der Waals surface area contributed by atoms with Crippen molar-refractivity contribution in [2.45, 2.75) is 25.9 Å². The van der Waals surface area contributed by atoms with Gasteiger partial charge in [0.1, 0.15) is 6.10 Å². The molecule has 6 heteroatoms. The molecule has 0 saturated carbocycles. The van der Waals surface area contributed by atoms with E-state index < -0.39 is 0 Å². The summed E-state index contributed by atoms with van der Waals surface area (Å²) in [6, 6.07) is 6.85. The normalized spacial score (nSPS) is 17.2. The van der Waals surface area contributed by atoms with E-state index in [1.54, 1.807) is 24.3 Å². The van der Waals surface area contributed by atoms with Crippen LogP contribution in [0.25, 0.3) is 0 Å². The number of hydrogen-bond acceptors (Lipinski definition) is 4. The molecule has 2 amide bonds. The predicted octanol–water partition coefficient (Wildman–Crippen LogP) is 1.57. The quantitative estimate of drug-likeness (QED) is 0.750. The molecular weight excluding hydrogens is 284 g/mol. The minimum atomic E-state index is -0.385. The minimum Gasteiger partial charge on any atom is -0.380 e. The lowest BCUT2D eigenvalue weighted by molar-refractivity contribution is -0.124. The van der Waals surface area contributed by atoms with Gasteiger partial charge in [-0.25, -0.2) is 0 Å². The molecule has 1 atom stereocenters. The van der Waals surface area contributed by atoms with Gasteiger partial charge in [0, 0.05) is 31.0 Å². The zero-order chi connectivity index (χ0) is 15.8. The van der Waals surface area contributed by atoms with Crippen LogP contribution in [0.3, 0.4) is 0 Å². The standard InChI is InChI=1S/C16H22N2O4/c1-2-21-10-8-17-15(19)12-5-3-6-13(11-12)18-16(20)14-7-4-9-22-14/h3,5-6,11,14H,2,4,7-10H2,1H3,(H,17,19)(H,18,20). The molecule has 1 aromatic rings. The van der Waals surface area contributed by atoms with Crippen molar-refractivity contribution in [3.05, 3.63) is 29.8 Å². The van der Waals surface area contributed by atoms with Gasteiger partial charge in [-0.2, -0.15) is 0 Å². The number of benzene rings is 1. The molecule has 1 aliphatic heterocycles. The van der Waals surface area contributed by atoms with Crippen LogP contribution >= 0.6 is 0 Å². The van der Waals surface area contributed by atoms with Crippen LogP contribution in [-0.2, 0) is 14.3 Å². The molecule has 1 unspecified atom stereocenters. The first kappa shape index (κ1) is 16.5. The zero-order valence-corrected chi connectivity index (χ0v) is 12.8. The van der Waals surface area contributed by atoms with Crippen molar-refractivity contribution < 1.29 is 19.1 Å². The second-order valence-electron chi connectivity index (χ2n) is 5.02. The largest absolute Gasteiger partial charge is 0.380 e. The number of ether oxygens (including phenoxy) is 2. The van der Waals surface area contributed by atoms with Crippen LogP contribution in [0, 0.1) is 0 Å². The highest BCUT2D eigenvalue weighted by molar-refractivity contribution is 5.98. The van der Waals surface area contributed by atoms with Gasteiger partial charge in [-0.05, 0) is 38.0 Å². The Morgan fingerprint density at radius 3 is 3.00 bits per heavy atom. The van der Waals surface area contributed by atoms with Crippen molar-refractivity contribution in [3.8, 4) is 0 Å². The van der Waals surface area contributed by atoms with Gasteiger partial charge in [0.05, 0.1) is 6.61 Å². The maximum absolute atomic E-state index is 12.0. The fourth-order valence-corrected chi connectivity index (χ4v) is 2.23. The van der Waals surface area contributed by atoms with E-state index in [1.807, 2.05) is 6.92 Å². The Morgan fingerprint density at radius 2 is 2.27 bits per heavy atom. The third kappa shape index (κ3) is 4.82. The van der Waals surface area contributed by atoms with E-state index in [1.165, 1.54) is 0 Å². The Morgan fingerprint density at radius 1 is 1.41 bits per heavy atom. The number of anilines is 1. The Balaban J connectivity index is 1.88. The van der Waals surface area contributed by atoms with Crippen LogP contribution in [0.2, 0.25) is 0 Å². The van der Waals surface area contributed by atoms with Gasteiger partial charge in [0.2, 0.25) is 0 Å². The van der Waals surface area contributed by atoms with Crippen molar-refractivity contribution in [2.75, 3.05) is 31.7 Å². The average molecular weight is 306 g/mol. The summed E-state index contributed by atoms with van der Waals surface area (Å²) in [5, 5.41) is 5.55. The van der Waals surface area contributed by atoms with Gasteiger partial charge in [-0.3, -0.25) is 9.59 Å². The summed E-state index contributed by atoms with van der Waals surface area (Å²) in [4.78, 5) is 24.0. The van der Waals surface area contributed by atoms with E-state index in [-0.39, 0.29) is 17.9 Å². The molecule has 0 aromatic heterocycles. The third-order valence-corrected chi connectivity index (χ3v) is 3.35. The maximum atomic E-state index is 12.0. The fraction of sp³-hybridized carbons (Fsp3) is 0.500. The summed E-state index contributed by atoms with van der Waals surface area (Å²) in [5.74, 6) is -0.348. The van der Waals surface area contributed by atoms with E-state index in [0.717, 1.165) is 12.8 Å². The average Bonchev–Trinajstić information content (AvgIpc) is 3.06. The van der Waals surface area contributed by atoms with E-state index in [0.29, 0.717) is 37.6 Å².